The summed E-state index contributed by atoms with van der Waals surface area (Å²) in [5.74, 6) is 0.0738. The van der Waals surface area contributed by atoms with Crippen LogP contribution in [0, 0.1) is 0 Å². The van der Waals surface area contributed by atoms with Gasteiger partial charge in [0.2, 0.25) is 11.9 Å². The Kier molecular flexibility index (Phi) is 6.24. The van der Waals surface area contributed by atoms with Crippen molar-refractivity contribution in [2.24, 2.45) is 0 Å². The van der Waals surface area contributed by atoms with Crippen LogP contribution in [-0.2, 0) is 4.74 Å². The first kappa shape index (κ1) is 21.2. The molecule has 2 heterocycles. The third-order valence-corrected chi connectivity index (χ3v) is 4.35. The van der Waals surface area contributed by atoms with Crippen molar-refractivity contribution in [3.63, 3.8) is 0 Å². The molecule has 2 aromatic heterocycles. The number of nitrogens with two attached hydrogens (primary N) is 1. The Labute approximate surface area is 175 Å². The number of nitrogen functional groups attached to an aromatic ring is 1. The SMILES string of the molecule is CCOC(=O)c1nnn(-c2nc(N)nc(N(C(C)C)C(C)C)n2)c1-c1ccccc1. The van der Waals surface area contributed by atoms with E-state index in [0.717, 1.165) is 5.56 Å². The minimum absolute atomic E-state index is 0.0495. The summed E-state index contributed by atoms with van der Waals surface area (Å²) in [5, 5.41) is 8.18. The number of rotatable bonds is 7. The van der Waals surface area contributed by atoms with Crippen molar-refractivity contribution >= 4 is 17.9 Å². The van der Waals surface area contributed by atoms with Gasteiger partial charge in [-0.1, -0.05) is 35.5 Å². The van der Waals surface area contributed by atoms with Crippen molar-refractivity contribution in [3.8, 4) is 17.2 Å². The standard InChI is InChI=1S/C20H26N8O2/c1-6-30-17(29)15-16(14-10-8-7-9-11-14)28(26-25-15)20-23-18(21)22-19(24-20)27(12(2)3)13(4)5/h7-13H,6H2,1-5H3,(H2,21,22,23,24). The first-order valence-corrected chi connectivity index (χ1v) is 9.82. The molecule has 0 unspecified atom stereocenters. The van der Waals surface area contributed by atoms with E-state index in [4.69, 9.17) is 10.5 Å². The Balaban J connectivity index is 2.20. The molecule has 0 amide bonds. The van der Waals surface area contributed by atoms with Crippen LogP contribution in [0.15, 0.2) is 30.3 Å². The van der Waals surface area contributed by atoms with Crippen LogP contribution < -0.4 is 10.6 Å². The fourth-order valence-electron chi connectivity index (χ4n) is 3.25. The van der Waals surface area contributed by atoms with Crippen LogP contribution in [0.3, 0.4) is 0 Å². The van der Waals surface area contributed by atoms with Gasteiger partial charge in [0.05, 0.1) is 6.61 Å². The normalized spacial score (nSPS) is 11.2. The van der Waals surface area contributed by atoms with E-state index in [-0.39, 0.29) is 36.3 Å². The third kappa shape index (κ3) is 4.22. The summed E-state index contributed by atoms with van der Waals surface area (Å²) in [5.41, 5.74) is 7.21. The maximum atomic E-state index is 12.5. The highest BCUT2D eigenvalue weighted by molar-refractivity contribution is 5.94. The average molecular weight is 410 g/mol. The van der Waals surface area contributed by atoms with E-state index in [0.29, 0.717) is 11.6 Å². The van der Waals surface area contributed by atoms with E-state index in [9.17, 15) is 4.79 Å². The lowest BCUT2D eigenvalue weighted by Crippen LogP contribution is -2.38. The van der Waals surface area contributed by atoms with E-state index in [1.54, 1.807) is 6.92 Å². The van der Waals surface area contributed by atoms with E-state index in [1.807, 2.05) is 62.9 Å². The van der Waals surface area contributed by atoms with Gasteiger partial charge in [0, 0.05) is 17.6 Å². The lowest BCUT2D eigenvalue weighted by molar-refractivity contribution is 0.0520. The van der Waals surface area contributed by atoms with Crippen molar-refractivity contribution in [1.29, 1.82) is 0 Å². The fraction of sp³-hybridized carbons (Fsp3) is 0.400. The van der Waals surface area contributed by atoms with Crippen molar-refractivity contribution in [2.45, 2.75) is 46.7 Å². The smallest absolute Gasteiger partial charge is 0.361 e. The molecule has 0 atom stereocenters. The van der Waals surface area contributed by atoms with Gasteiger partial charge in [-0.3, -0.25) is 0 Å². The molecule has 0 saturated carbocycles. The minimum atomic E-state index is -0.573. The van der Waals surface area contributed by atoms with E-state index >= 15 is 0 Å². The van der Waals surface area contributed by atoms with Gasteiger partial charge in [0.25, 0.3) is 5.95 Å². The molecular formula is C20H26N8O2. The van der Waals surface area contributed by atoms with Gasteiger partial charge in [0.1, 0.15) is 5.69 Å². The maximum absolute atomic E-state index is 12.5. The largest absolute Gasteiger partial charge is 0.461 e. The zero-order valence-electron chi connectivity index (χ0n) is 17.8. The van der Waals surface area contributed by atoms with Gasteiger partial charge < -0.3 is 15.4 Å². The van der Waals surface area contributed by atoms with Gasteiger partial charge >= 0.3 is 5.97 Å². The number of hydrogen-bond donors (Lipinski definition) is 1. The summed E-state index contributed by atoms with van der Waals surface area (Å²) in [7, 11) is 0. The molecule has 0 radical (unpaired) electrons. The summed E-state index contributed by atoms with van der Waals surface area (Å²) in [4.78, 5) is 27.6. The lowest BCUT2D eigenvalue weighted by atomic mass is 10.1. The highest BCUT2D eigenvalue weighted by Crippen LogP contribution is 2.26. The monoisotopic (exact) mass is 410 g/mol. The van der Waals surface area contributed by atoms with Crippen molar-refractivity contribution in [2.75, 3.05) is 17.2 Å². The second-order valence-corrected chi connectivity index (χ2v) is 7.17. The summed E-state index contributed by atoms with van der Waals surface area (Å²) in [6.07, 6.45) is 0. The van der Waals surface area contributed by atoms with Crippen molar-refractivity contribution in [1.82, 2.24) is 29.9 Å². The van der Waals surface area contributed by atoms with Gasteiger partial charge in [-0.2, -0.15) is 19.6 Å². The van der Waals surface area contributed by atoms with Crippen LogP contribution in [0.5, 0.6) is 0 Å². The van der Waals surface area contributed by atoms with Crippen LogP contribution in [0.25, 0.3) is 17.2 Å². The molecule has 3 rings (SSSR count). The van der Waals surface area contributed by atoms with Crippen LogP contribution in [-0.4, -0.2) is 54.6 Å². The Morgan fingerprint density at radius 2 is 1.77 bits per heavy atom. The Morgan fingerprint density at radius 1 is 1.10 bits per heavy atom. The van der Waals surface area contributed by atoms with Crippen LogP contribution in [0.1, 0.15) is 45.1 Å². The first-order valence-electron chi connectivity index (χ1n) is 9.82. The minimum Gasteiger partial charge on any atom is -0.461 e. The lowest BCUT2D eigenvalue weighted by Gasteiger charge is -2.30. The summed E-state index contributed by atoms with van der Waals surface area (Å²) in [6, 6.07) is 9.56. The summed E-state index contributed by atoms with van der Waals surface area (Å²) < 4.78 is 6.54. The van der Waals surface area contributed by atoms with Crippen LogP contribution in [0.2, 0.25) is 0 Å². The number of esters is 1. The summed E-state index contributed by atoms with van der Waals surface area (Å²) >= 11 is 0. The highest BCUT2D eigenvalue weighted by Gasteiger charge is 2.26. The van der Waals surface area contributed by atoms with Gasteiger partial charge in [-0.15, -0.1) is 5.10 Å². The zero-order valence-corrected chi connectivity index (χ0v) is 17.8. The molecule has 0 spiro atoms. The molecule has 158 valence electrons. The number of carbonyl (C=O) groups is 1. The van der Waals surface area contributed by atoms with Crippen LogP contribution in [0.4, 0.5) is 11.9 Å². The molecule has 0 fully saturated rings. The molecule has 0 aliphatic heterocycles. The molecule has 0 aliphatic carbocycles. The molecular weight excluding hydrogens is 384 g/mol. The number of hydrogen-bond acceptors (Lipinski definition) is 9. The predicted molar refractivity (Wildman–Crippen MR) is 113 cm³/mol. The molecule has 2 N–H and O–H groups in total. The molecule has 0 saturated heterocycles. The molecule has 10 heteroatoms. The Morgan fingerprint density at radius 3 is 2.37 bits per heavy atom. The summed E-state index contributed by atoms with van der Waals surface area (Å²) in [6.45, 7) is 10.1. The number of ether oxygens (including phenoxy) is 1. The van der Waals surface area contributed by atoms with Crippen molar-refractivity contribution in [3.05, 3.63) is 36.0 Å². The number of benzene rings is 1. The first-order chi connectivity index (χ1) is 14.3. The quantitative estimate of drug-likeness (QED) is 0.585. The van der Waals surface area contributed by atoms with Gasteiger partial charge in [-0.05, 0) is 34.6 Å². The third-order valence-electron chi connectivity index (χ3n) is 4.35. The zero-order chi connectivity index (χ0) is 21.8. The molecule has 0 bridgehead atoms. The van der Waals surface area contributed by atoms with Gasteiger partial charge in [0.15, 0.2) is 5.69 Å². The predicted octanol–water partition coefficient (Wildman–Crippen LogP) is 2.50. The Bertz CT molecular complexity index is 1010. The molecule has 0 aliphatic rings. The molecule has 1 aromatic carbocycles. The maximum Gasteiger partial charge on any atom is 0.361 e. The number of anilines is 2. The Hall–Kier alpha value is -3.56. The highest BCUT2D eigenvalue weighted by atomic mass is 16.5. The van der Waals surface area contributed by atoms with E-state index in [1.165, 1.54) is 4.68 Å². The molecule has 30 heavy (non-hydrogen) atoms. The average Bonchev–Trinajstić information content (AvgIpc) is 3.13. The topological polar surface area (TPSA) is 125 Å². The van der Waals surface area contributed by atoms with E-state index in [2.05, 4.69) is 25.3 Å². The number of nitrogens with zero attached hydrogens (tertiary/aromatic N) is 7. The second-order valence-electron chi connectivity index (χ2n) is 7.17. The number of carbonyl (C=O) groups excluding carboxylic acids is 1. The van der Waals surface area contributed by atoms with Crippen LogP contribution >= 0.6 is 0 Å². The van der Waals surface area contributed by atoms with Gasteiger partial charge in [-0.25, -0.2) is 4.79 Å². The van der Waals surface area contributed by atoms with Crippen molar-refractivity contribution < 1.29 is 9.53 Å². The molecule has 3 aromatic rings. The number of aromatic nitrogens is 6. The second kappa shape index (κ2) is 8.85. The fourth-order valence-corrected chi connectivity index (χ4v) is 3.25. The van der Waals surface area contributed by atoms with E-state index < -0.39 is 5.97 Å². The molecule has 10 nitrogen and oxygen atoms in total.